The molecule has 118 valence electrons. The normalized spacial score (nSPS) is 10.4. The van der Waals surface area contributed by atoms with Crippen molar-refractivity contribution in [1.29, 1.82) is 0 Å². The van der Waals surface area contributed by atoms with Gasteiger partial charge in [0, 0.05) is 17.9 Å². The summed E-state index contributed by atoms with van der Waals surface area (Å²) < 4.78 is 10.4. The number of H-pyrrole nitrogens is 1. The van der Waals surface area contributed by atoms with E-state index in [-0.39, 0.29) is 5.91 Å². The van der Waals surface area contributed by atoms with Gasteiger partial charge in [0.15, 0.2) is 11.5 Å². The Morgan fingerprint density at radius 3 is 2.45 bits per heavy atom. The van der Waals surface area contributed by atoms with Gasteiger partial charge in [-0.05, 0) is 43.2 Å². The van der Waals surface area contributed by atoms with E-state index in [9.17, 15) is 4.79 Å². The molecule has 22 heavy (non-hydrogen) atoms. The Hall–Kier alpha value is -2.43. The number of nitrogens with one attached hydrogen (secondary N) is 2. The lowest BCUT2D eigenvalue weighted by Gasteiger charge is -2.10. The molecule has 0 aliphatic carbocycles. The summed E-state index contributed by atoms with van der Waals surface area (Å²) in [5.74, 6) is 1.26. The maximum absolute atomic E-state index is 12.1. The minimum atomic E-state index is -0.0227. The third-order valence-electron chi connectivity index (χ3n) is 3.55. The van der Waals surface area contributed by atoms with Crippen molar-refractivity contribution in [2.75, 3.05) is 14.2 Å². The Morgan fingerprint density at radius 2 is 1.86 bits per heavy atom. The number of aromatic amines is 1. The second-order valence-electron chi connectivity index (χ2n) is 5.25. The molecule has 0 aliphatic rings. The van der Waals surface area contributed by atoms with Crippen LogP contribution in [0.25, 0.3) is 0 Å². The maximum atomic E-state index is 12.1. The molecule has 1 aromatic carbocycles. The summed E-state index contributed by atoms with van der Waals surface area (Å²) in [4.78, 5) is 15.3. The summed E-state index contributed by atoms with van der Waals surface area (Å²) in [5.41, 5.74) is 4.18. The summed E-state index contributed by atoms with van der Waals surface area (Å²) in [6.07, 6.45) is 0.308. The number of ether oxygens (including phenoxy) is 2. The fraction of sp³-hybridized carbons (Fsp3) is 0.353. The lowest BCUT2D eigenvalue weighted by Crippen LogP contribution is -2.24. The van der Waals surface area contributed by atoms with Gasteiger partial charge in [-0.3, -0.25) is 4.79 Å². The van der Waals surface area contributed by atoms with Crippen molar-refractivity contribution in [3.63, 3.8) is 0 Å². The van der Waals surface area contributed by atoms with Crippen LogP contribution in [0.15, 0.2) is 24.3 Å². The van der Waals surface area contributed by atoms with E-state index < -0.39 is 0 Å². The molecule has 0 aliphatic heterocycles. The van der Waals surface area contributed by atoms with Crippen molar-refractivity contribution in [3.05, 3.63) is 46.8 Å². The molecule has 1 amide bonds. The third-order valence-corrected chi connectivity index (χ3v) is 3.55. The van der Waals surface area contributed by atoms with E-state index >= 15 is 0 Å². The fourth-order valence-corrected chi connectivity index (χ4v) is 2.40. The Morgan fingerprint density at radius 1 is 1.14 bits per heavy atom. The number of benzene rings is 1. The average molecular weight is 302 g/mol. The molecule has 5 nitrogen and oxygen atoms in total. The van der Waals surface area contributed by atoms with Gasteiger partial charge >= 0.3 is 0 Å². The van der Waals surface area contributed by atoms with E-state index in [2.05, 4.69) is 10.3 Å². The summed E-state index contributed by atoms with van der Waals surface area (Å²) in [5, 5.41) is 2.94. The molecule has 0 bridgehead atoms. The highest BCUT2D eigenvalue weighted by Gasteiger charge is 2.09. The van der Waals surface area contributed by atoms with Crippen molar-refractivity contribution in [2.24, 2.45) is 0 Å². The van der Waals surface area contributed by atoms with Crippen molar-refractivity contribution in [1.82, 2.24) is 10.3 Å². The van der Waals surface area contributed by atoms with Crippen LogP contribution in [0, 0.1) is 13.8 Å². The predicted octanol–water partition coefficient (Wildman–Crippen LogP) is 2.51. The molecule has 0 saturated heterocycles. The monoisotopic (exact) mass is 302 g/mol. The first-order valence-electron chi connectivity index (χ1n) is 7.16. The van der Waals surface area contributed by atoms with Gasteiger partial charge in [-0.1, -0.05) is 6.07 Å². The standard InChI is InChI=1S/C17H22N2O3/c1-11-7-14(12(2)19-11)10-18-17(20)9-13-5-6-15(21-3)16(8-13)22-4/h5-8,19H,9-10H2,1-4H3,(H,18,20). The number of methoxy groups -OCH3 is 2. The highest BCUT2D eigenvalue weighted by molar-refractivity contribution is 5.78. The van der Waals surface area contributed by atoms with Gasteiger partial charge in [-0.25, -0.2) is 0 Å². The highest BCUT2D eigenvalue weighted by Crippen LogP contribution is 2.27. The zero-order valence-electron chi connectivity index (χ0n) is 13.4. The van der Waals surface area contributed by atoms with Gasteiger partial charge < -0.3 is 19.8 Å². The first-order chi connectivity index (χ1) is 10.5. The Kier molecular flexibility index (Phi) is 5.09. The SMILES string of the molecule is COc1ccc(CC(=O)NCc2cc(C)[nH]c2C)cc1OC. The van der Waals surface area contributed by atoms with Crippen LogP contribution in [0.2, 0.25) is 0 Å². The van der Waals surface area contributed by atoms with Crippen LogP contribution in [0.3, 0.4) is 0 Å². The van der Waals surface area contributed by atoms with Crippen LogP contribution in [0.1, 0.15) is 22.5 Å². The molecule has 0 unspecified atom stereocenters. The number of carbonyl (C=O) groups is 1. The molecule has 0 atom stereocenters. The summed E-state index contributed by atoms with van der Waals surface area (Å²) in [7, 11) is 3.17. The quantitative estimate of drug-likeness (QED) is 0.862. The van der Waals surface area contributed by atoms with Crippen LogP contribution in [-0.4, -0.2) is 25.1 Å². The van der Waals surface area contributed by atoms with Gasteiger partial charge in [-0.15, -0.1) is 0 Å². The van der Waals surface area contributed by atoms with Gasteiger partial charge in [0.25, 0.3) is 0 Å². The Balaban J connectivity index is 1.96. The third kappa shape index (κ3) is 3.81. The summed E-state index contributed by atoms with van der Waals surface area (Å²) in [6.45, 7) is 4.53. The molecule has 1 aromatic heterocycles. The van der Waals surface area contributed by atoms with E-state index in [1.54, 1.807) is 20.3 Å². The second-order valence-corrected chi connectivity index (χ2v) is 5.25. The highest BCUT2D eigenvalue weighted by atomic mass is 16.5. The number of carbonyl (C=O) groups excluding carboxylic acids is 1. The largest absolute Gasteiger partial charge is 0.493 e. The van der Waals surface area contributed by atoms with Crippen LogP contribution in [-0.2, 0) is 17.8 Å². The first-order valence-corrected chi connectivity index (χ1v) is 7.16. The van der Waals surface area contributed by atoms with Crippen molar-refractivity contribution in [3.8, 4) is 11.5 Å². The molecule has 5 heteroatoms. The lowest BCUT2D eigenvalue weighted by molar-refractivity contribution is -0.120. The smallest absolute Gasteiger partial charge is 0.224 e. The number of aryl methyl sites for hydroxylation is 2. The predicted molar refractivity (Wildman–Crippen MR) is 85.4 cm³/mol. The van der Waals surface area contributed by atoms with Crippen molar-refractivity contribution in [2.45, 2.75) is 26.8 Å². The van der Waals surface area contributed by atoms with Gasteiger partial charge in [-0.2, -0.15) is 0 Å². The zero-order chi connectivity index (χ0) is 16.1. The lowest BCUT2D eigenvalue weighted by atomic mass is 10.1. The van der Waals surface area contributed by atoms with E-state index in [0.717, 1.165) is 22.5 Å². The molecule has 2 N–H and O–H groups in total. The molecule has 1 heterocycles. The molecule has 0 fully saturated rings. The topological polar surface area (TPSA) is 63.3 Å². The average Bonchev–Trinajstić information content (AvgIpc) is 2.82. The van der Waals surface area contributed by atoms with E-state index in [4.69, 9.17) is 9.47 Å². The molecule has 2 rings (SSSR count). The Labute approximate surface area is 130 Å². The number of rotatable bonds is 6. The van der Waals surface area contributed by atoms with Gasteiger partial charge in [0.05, 0.1) is 20.6 Å². The van der Waals surface area contributed by atoms with Crippen molar-refractivity contribution < 1.29 is 14.3 Å². The van der Waals surface area contributed by atoms with Crippen LogP contribution in [0.5, 0.6) is 11.5 Å². The van der Waals surface area contributed by atoms with Gasteiger partial charge in [0.1, 0.15) is 0 Å². The van der Waals surface area contributed by atoms with Crippen LogP contribution < -0.4 is 14.8 Å². The number of hydrogen-bond donors (Lipinski definition) is 2. The van der Waals surface area contributed by atoms with Crippen molar-refractivity contribution >= 4 is 5.91 Å². The molecular weight excluding hydrogens is 280 g/mol. The summed E-state index contributed by atoms with van der Waals surface area (Å²) >= 11 is 0. The van der Waals surface area contributed by atoms with Crippen LogP contribution >= 0.6 is 0 Å². The molecule has 0 radical (unpaired) electrons. The second kappa shape index (κ2) is 7.02. The molecular formula is C17H22N2O3. The number of hydrogen-bond acceptors (Lipinski definition) is 3. The maximum Gasteiger partial charge on any atom is 0.224 e. The minimum absolute atomic E-state index is 0.0227. The van der Waals surface area contributed by atoms with Crippen LogP contribution in [0.4, 0.5) is 0 Å². The molecule has 0 saturated carbocycles. The van der Waals surface area contributed by atoms with E-state index in [1.165, 1.54) is 0 Å². The molecule has 0 spiro atoms. The molecule has 2 aromatic rings. The van der Waals surface area contributed by atoms with Gasteiger partial charge in [0.2, 0.25) is 5.91 Å². The zero-order valence-corrected chi connectivity index (χ0v) is 13.4. The Bertz CT molecular complexity index is 662. The number of aromatic nitrogens is 1. The first kappa shape index (κ1) is 15.9. The van der Waals surface area contributed by atoms with E-state index in [1.807, 2.05) is 32.0 Å². The number of amides is 1. The minimum Gasteiger partial charge on any atom is -0.493 e. The summed E-state index contributed by atoms with van der Waals surface area (Å²) in [6, 6.07) is 7.55. The van der Waals surface area contributed by atoms with E-state index in [0.29, 0.717) is 24.5 Å². The fourth-order valence-electron chi connectivity index (χ4n) is 2.40.